The minimum absolute atomic E-state index is 0.0161. The maximum atomic E-state index is 11.9. The lowest BCUT2D eigenvalue weighted by Crippen LogP contribution is -2.33. The summed E-state index contributed by atoms with van der Waals surface area (Å²) in [5.41, 5.74) is 1.25. The molecule has 1 amide bonds. The number of ether oxygens (including phenoxy) is 1. The van der Waals surface area contributed by atoms with Crippen molar-refractivity contribution in [2.24, 2.45) is 7.05 Å². The van der Waals surface area contributed by atoms with Gasteiger partial charge >= 0.3 is 5.97 Å². The number of carbonyl (C=O) groups is 2. The van der Waals surface area contributed by atoms with Crippen LogP contribution in [0.5, 0.6) is 0 Å². The van der Waals surface area contributed by atoms with Gasteiger partial charge in [0.05, 0.1) is 25.0 Å². The molecule has 0 spiro atoms. The van der Waals surface area contributed by atoms with E-state index < -0.39 is 0 Å². The molecule has 2 rings (SSSR count). The lowest BCUT2D eigenvalue weighted by molar-refractivity contribution is -0.121. The summed E-state index contributed by atoms with van der Waals surface area (Å²) in [6.07, 6.45) is 2.42. The second-order valence-electron chi connectivity index (χ2n) is 4.76. The SMILES string of the molecule is CCOC(=O)c1cnn(C)c1CN1CCCNC(=O)C1. The fourth-order valence-electron chi connectivity index (χ4n) is 2.25. The van der Waals surface area contributed by atoms with E-state index in [1.807, 2.05) is 4.90 Å². The number of hydrogen-bond donors (Lipinski definition) is 1. The Kier molecular flexibility index (Phi) is 4.73. The second kappa shape index (κ2) is 6.51. The second-order valence-corrected chi connectivity index (χ2v) is 4.76. The van der Waals surface area contributed by atoms with E-state index in [1.54, 1.807) is 18.7 Å². The molecule has 0 unspecified atom stereocenters. The number of aryl methyl sites for hydroxylation is 1. The van der Waals surface area contributed by atoms with Crippen molar-refractivity contribution in [3.63, 3.8) is 0 Å². The molecule has 0 aliphatic carbocycles. The molecule has 7 heteroatoms. The van der Waals surface area contributed by atoms with Gasteiger partial charge in [-0.3, -0.25) is 14.4 Å². The predicted octanol–water partition coefficient (Wildman–Crippen LogP) is -0.0813. The zero-order valence-electron chi connectivity index (χ0n) is 11.9. The minimum Gasteiger partial charge on any atom is -0.462 e. The van der Waals surface area contributed by atoms with Gasteiger partial charge in [0.2, 0.25) is 5.91 Å². The van der Waals surface area contributed by atoms with Crippen molar-refractivity contribution >= 4 is 11.9 Å². The zero-order valence-corrected chi connectivity index (χ0v) is 11.9. The Morgan fingerprint density at radius 2 is 2.35 bits per heavy atom. The highest BCUT2D eigenvalue weighted by Crippen LogP contribution is 2.13. The van der Waals surface area contributed by atoms with Crippen LogP contribution in [0.4, 0.5) is 0 Å². The van der Waals surface area contributed by atoms with Gasteiger partial charge in [-0.1, -0.05) is 0 Å². The van der Waals surface area contributed by atoms with Crippen molar-refractivity contribution < 1.29 is 14.3 Å². The third kappa shape index (κ3) is 3.36. The molecule has 1 aromatic rings. The summed E-state index contributed by atoms with van der Waals surface area (Å²) >= 11 is 0. The fraction of sp³-hybridized carbons (Fsp3) is 0.615. The summed E-state index contributed by atoms with van der Waals surface area (Å²) in [5, 5.41) is 6.95. The van der Waals surface area contributed by atoms with Crippen molar-refractivity contribution in [2.75, 3.05) is 26.2 Å². The van der Waals surface area contributed by atoms with E-state index in [0.717, 1.165) is 18.7 Å². The fourth-order valence-corrected chi connectivity index (χ4v) is 2.25. The van der Waals surface area contributed by atoms with Crippen molar-refractivity contribution in [3.8, 4) is 0 Å². The molecular formula is C13H20N4O3. The van der Waals surface area contributed by atoms with Crippen LogP contribution in [-0.2, 0) is 23.1 Å². The van der Waals surface area contributed by atoms with Crippen LogP contribution in [-0.4, -0.2) is 52.8 Å². The summed E-state index contributed by atoms with van der Waals surface area (Å²) in [5.74, 6) is -0.350. The smallest absolute Gasteiger partial charge is 0.341 e. The van der Waals surface area contributed by atoms with Crippen LogP contribution < -0.4 is 5.32 Å². The van der Waals surface area contributed by atoms with Gasteiger partial charge in [-0.15, -0.1) is 0 Å². The Balaban J connectivity index is 2.13. The summed E-state index contributed by atoms with van der Waals surface area (Å²) in [4.78, 5) is 25.5. The molecule has 20 heavy (non-hydrogen) atoms. The average molecular weight is 280 g/mol. The maximum absolute atomic E-state index is 11.9. The molecule has 1 aliphatic heterocycles. The van der Waals surface area contributed by atoms with Gasteiger partial charge in [0.15, 0.2) is 0 Å². The van der Waals surface area contributed by atoms with E-state index in [1.165, 1.54) is 6.20 Å². The van der Waals surface area contributed by atoms with Gasteiger partial charge in [-0.05, 0) is 13.3 Å². The molecule has 1 saturated heterocycles. The number of hydrogen-bond acceptors (Lipinski definition) is 5. The molecule has 2 heterocycles. The first-order valence-electron chi connectivity index (χ1n) is 6.79. The molecule has 0 atom stereocenters. The molecule has 1 aromatic heterocycles. The van der Waals surface area contributed by atoms with Crippen LogP contribution in [0.25, 0.3) is 0 Å². The number of carbonyl (C=O) groups excluding carboxylic acids is 2. The van der Waals surface area contributed by atoms with Gasteiger partial charge < -0.3 is 10.1 Å². The number of rotatable bonds is 4. The highest BCUT2D eigenvalue weighted by atomic mass is 16.5. The standard InChI is InChI=1S/C13H20N4O3/c1-3-20-13(19)10-7-15-16(2)11(10)8-17-6-4-5-14-12(18)9-17/h7H,3-6,8-9H2,1-2H3,(H,14,18). The van der Waals surface area contributed by atoms with Crippen molar-refractivity contribution in [1.29, 1.82) is 0 Å². The maximum Gasteiger partial charge on any atom is 0.341 e. The predicted molar refractivity (Wildman–Crippen MR) is 72.1 cm³/mol. The van der Waals surface area contributed by atoms with Crippen LogP contribution in [0.1, 0.15) is 29.4 Å². The molecule has 0 saturated carbocycles. The third-order valence-electron chi connectivity index (χ3n) is 3.27. The van der Waals surface area contributed by atoms with Gasteiger partial charge in [-0.2, -0.15) is 5.10 Å². The molecule has 7 nitrogen and oxygen atoms in total. The lowest BCUT2D eigenvalue weighted by atomic mass is 10.2. The monoisotopic (exact) mass is 280 g/mol. The number of esters is 1. The van der Waals surface area contributed by atoms with Crippen LogP contribution in [0.2, 0.25) is 0 Å². The van der Waals surface area contributed by atoms with E-state index in [9.17, 15) is 9.59 Å². The molecule has 0 bridgehead atoms. The molecular weight excluding hydrogens is 260 g/mol. The topological polar surface area (TPSA) is 76.5 Å². The minimum atomic E-state index is -0.366. The largest absolute Gasteiger partial charge is 0.462 e. The first-order chi connectivity index (χ1) is 9.61. The van der Waals surface area contributed by atoms with Crippen molar-refractivity contribution in [1.82, 2.24) is 20.0 Å². The highest BCUT2D eigenvalue weighted by molar-refractivity contribution is 5.90. The summed E-state index contributed by atoms with van der Waals surface area (Å²) in [6.45, 7) is 4.47. The molecule has 1 N–H and O–H groups in total. The highest BCUT2D eigenvalue weighted by Gasteiger charge is 2.21. The quantitative estimate of drug-likeness (QED) is 0.781. The van der Waals surface area contributed by atoms with Gasteiger partial charge in [0.1, 0.15) is 5.56 Å². The Hall–Kier alpha value is -1.89. The Bertz CT molecular complexity index is 498. The van der Waals surface area contributed by atoms with E-state index in [2.05, 4.69) is 10.4 Å². The Morgan fingerprint density at radius 1 is 1.55 bits per heavy atom. The molecule has 0 aromatic carbocycles. The average Bonchev–Trinajstić information content (AvgIpc) is 2.63. The van der Waals surface area contributed by atoms with E-state index in [0.29, 0.717) is 31.8 Å². The summed E-state index contributed by atoms with van der Waals surface area (Å²) in [7, 11) is 1.79. The first kappa shape index (κ1) is 14.5. The van der Waals surface area contributed by atoms with Crippen molar-refractivity contribution in [3.05, 3.63) is 17.5 Å². The van der Waals surface area contributed by atoms with Crippen LogP contribution in [0, 0.1) is 0 Å². The van der Waals surface area contributed by atoms with Crippen LogP contribution in [0.15, 0.2) is 6.20 Å². The number of nitrogens with one attached hydrogen (secondary N) is 1. The number of amides is 1. The van der Waals surface area contributed by atoms with Crippen LogP contribution >= 0.6 is 0 Å². The normalized spacial score (nSPS) is 16.6. The first-order valence-corrected chi connectivity index (χ1v) is 6.79. The van der Waals surface area contributed by atoms with Gasteiger partial charge in [0, 0.05) is 26.7 Å². The van der Waals surface area contributed by atoms with E-state index in [4.69, 9.17) is 4.74 Å². The van der Waals surface area contributed by atoms with E-state index in [-0.39, 0.29) is 11.9 Å². The van der Waals surface area contributed by atoms with Gasteiger partial charge in [0.25, 0.3) is 0 Å². The van der Waals surface area contributed by atoms with E-state index >= 15 is 0 Å². The molecule has 1 aliphatic rings. The molecule has 110 valence electrons. The number of aromatic nitrogens is 2. The Labute approximate surface area is 117 Å². The zero-order chi connectivity index (χ0) is 14.5. The summed E-state index contributed by atoms with van der Waals surface area (Å²) < 4.78 is 6.69. The molecule has 0 radical (unpaired) electrons. The number of nitrogens with zero attached hydrogens (tertiary/aromatic N) is 3. The summed E-state index contributed by atoms with van der Waals surface area (Å²) in [6, 6.07) is 0. The van der Waals surface area contributed by atoms with Crippen LogP contribution in [0.3, 0.4) is 0 Å². The third-order valence-corrected chi connectivity index (χ3v) is 3.27. The van der Waals surface area contributed by atoms with Gasteiger partial charge in [-0.25, -0.2) is 4.79 Å². The Morgan fingerprint density at radius 3 is 3.10 bits per heavy atom. The lowest BCUT2D eigenvalue weighted by Gasteiger charge is -2.19. The molecule has 1 fully saturated rings. The van der Waals surface area contributed by atoms with Crippen molar-refractivity contribution in [2.45, 2.75) is 19.9 Å².